The zero-order chi connectivity index (χ0) is 12.9. The summed E-state index contributed by atoms with van der Waals surface area (Å²) >= 11 is 0. The molecule has 1 aromatic carbocycles. The molecular weight excluding hydrogens is 216 g/mol. The summed E-state index contributed by atoms with van der Waals surface area (Å²) in [5.41, 5.74) is 10.9. The van der Waals surface area contributed by atoms with Gasteiger partial charge in [-0.3, -0.25) is 0 Å². The zero-order valence-corrected chi connectivity index (χ0v) is 10.3. The van der Waals surface area contributed by atoms with Gasteiger partial charge in [-0.15, -0.1) is 5.10 Å². The van der Waals surface area contributed by atoms with Crippen molar-refractivity contribution in [2.24, 2.45) is 21.7 Å². The summed E-state index contributed by atoms with van der Waals surface area (Å²) in [6, 6.07) is 7.56. The first-order valence-electron chi connectivity index (χ1n) is 5.28. The van der Waals surface area contributed by atoms with Crippen LogP contribution in [-0.2, 0) is 0 Å². The Labute approximate surface area is 101 Å². The molecule has 0 saturated carbocycles. The molecule has 0 radical (unpaired) electrons. The van der Waals surface area contributed by atoms with Gasteiger partial charge in [-0.05, 0) is 32.9 Å². The van der Waals surface area contributed by atoms with E-state index in [9.17, 15) is 0 Å². The lowest BCUT2D eigenvalue weighted by molar-refractivity contribution is 0.130. The maximum Gasteiger partial charge on any atom is 0.211 e. The molecule has 5 nitrogen and oxygen atoms in total. The standard InChI is InChI=1S/C12H18N4O/c1-12(2,3)17-10-7-5-4-6-9(10)8-15-16-11(13)14/h4-8H,1-3H3,(H4,13,14,16). The summed E-state index contributed by atoms with van der Waals surface area (Å²) < 4.78 is 5.79. The van der Waals surface area contributed by atoms with Gasteiger partial charge in [0.1, 0.15) is 11.4 Å². The number of benzene rings is 1. The Morgan fingerprint density at radius 1 is 1.24 bits per heavy atom. The van der Waals surface area contributed by atoms with E-state index in [1.165, 1.54) is 0 Å². The molecule has 4 N–H and O–H groups in total. The molecule has 0 unspecified atom stereocenters. The normalized spacial score (nSPS) is 11.5. The largest absolute Gasteiger partial charge is 0.487 e. The molecular formula is C12H18N4O. The van der Waals surface area contributed by atoms with Crippen LogP contribution in [0.4, 0.5) is 0 Å². The number of para-hydroxylation sites is 1. The number of nitrogens with zero attached hydrogens (tertiary/aromatic N) is 2. The Balaban J connectivity index is 2.92. The van der Waals surface area contributed by atoms with Crippen LogP contribution in [0.15, 0.2) is 34.5 Å². The highest BCUT2D eigenvalue weighted by Gasteiger charge is 2.13. The average molecular weight is 234 g/mol. The van der Waals surface area contributed by atoms with Crippen LogP contribution >= 0.6 is 0 Å². The van der Waals surface area contributed by atoms with E-state index in [4.69, 9.17) is 16.2 Å². The second kappa shape index (κ2) is 5.34. The van der Waals surface area contributed by atoms with Crippen molar-refractivity contribution in [3.8, 4) is 5.75 Å². The molecule has 0 aliphatic rings. The summed E-state index contributed by atoms with van der Waals surface area (Å²) in [6.45, 7) is 5.95. The Morgan fingerprint density at radius 2 is 1.88 bits per heavy atom. The molecule has 0 heterocycles. The van der Waals surface area contributed by atoms with Crippen LogP contribution in [0.3, 0.4) is 0 Å². The van der Waals surface area contributed by atoms with Crippen molar-refractivity contribution < 1.29 is 4.74 Å². The third kappa shape index (κ3) is 5.01. The first-order valence-corrected chi connectivity index (χ1v) is 5.28. The molecule has 0 bridgehead atoms. The second-order valence-corrected chi connectivity index (χ2v) is 4.52. The number of hydrogen-bond acceptors (Lipinski definition) is 3. The minimum atomic E-state index is -0.264. The lowest BCUT2D eigenvalue weighted by Crippen LogP contribution is -2.23. The third-order valence-electron chi connectivity index (χ3n) is 1.71. The van der Waals surface area contributed by atoms with Crippen molar-refractivity contribution in [2.75, 3.05) is 0 Å². The molecule has 0 aliphatic carbocycles. The quantitative estimate of drug-likeness (QED) is 0.471. The predicted octanol–water partition coefficient (Wildman–Crippen LogP) is 1.47. The van der Waals surface area contributed by atoms with Crippen LogP contribution in [0.2, 0.25) is 0 Å². The highest BCUT2D eigenvalue weighted by Crippen LogP contribution is 2.21. The van der Waals surface area contributed by atoms with E-state index in [0.29, 0.717) is 0 Å². The molecule has 1 rings (SSSR count). The number of nitrogens with two attached hydrogens (primary N) is 2. The van der Waals surface area contributed by atoms with Crippen molar-refractivity contribution in [1.29, 1.82) is 0 Å². The van der Waals surface area contributed by atoms with E-state index < -0.39 is 0 Å². The van der Waals surface area contributed by atoms with Crippen molar-refractivity contribution in [3.05, 3.63) is 29.8 Å². The van der Waals surface area contributed by atoms with Gasteiger partial charge in [-0.2, -0.15) is 5.10 Å². The Bertz CT molecular complexity index is 428. The molecule has 0 amide bonds. The minimum absolute atomic E-state index is 0.0736. The molecule has 92 valence electrons. The Hall–Kier alpha value is -2.04. The summed E-state index contributed by atoms with van der Waals surface area (Å²) in [5, 5.41) is 7.31. The monoisotopic (exact) mass is 234 g/mol. The van der Waals surface area contributed by atoms with Gasteiger partial charge in [0.05, 0.1) is 6.21 Å². The maximum atomic E-state index is 5.79. The summed E-state index contributed by atoms with van der Waals surface area (Å²) in [5.74, 6) is 0.671. The topological polar surface area (TPSA) is 86.0 Å². The van der Waals surface area contributed by atoms with Crippen molar-refractivity contribution in [1.82, 2.24) is 0 Å². The van der Waals surface area contributed by atoms with Crippen LogP contribution in [-0.4, -0.2) is 17.8 Å². The van der Waals surface area contributed by atoms with Gasteiger partial charge >= 0.3 is 0 Å². The van der Waals surface area contributed by atoms with Crippen molar-refractivity contribution in [2.45, 2.75) is 26.4 Å². The lowest BCUT2D eigenvalue weighted by Gasteiger charge is -2.22. The van der Waals surface area contributed by atoms with Gasteiger partial charge < -0.3 is 16.2 Å². The fourth-order valence-electron chi connectivity index (χ4n) is 1.17. The van der Waals surface area contributed by atoms with Gasteiger partial charge in [-0.25, -0.2) is 0 Å². The van der Waals surface area contributed by atoms with E-state index in [1.54, 1.807) is 6.21 Å². The smallest absolute Gasteiger partial charge is 0.211 e. The van der Waals surface area contributed by atoms with Gasteiger partial charge in [0.2, 0.25) is 5.96 Å². The third-order valence-corrected chi connectivity index (χ3v) is 1.71. The molecule has 0 aromatic heterocycles. The SMILES string of the molecule is CC(C)(C)Oc1ccccc1C=NN=C(N)N. The highest BCUT2D eigenvalue weighted by atomic mass is 16.5. The number of guanidine groups is 1. The van der Waals surface area contributed by atoms with E-state index in [-0.39, 0.29) is 11.6 Å². The fraction of sp³-hybridized carbons (Fsp3) is 0.333. The van der Waals surface area contributed by atoms with Gasteiger partial charge in [0.25, 0.3) is 0 Å². The predicted molar refractivity (Wildman–Crippen MR) is 70.2 cm³/mol. The van der Waals surface area contributed by atoms with Crippen LogP contribution in [0, 0.1) is 0 Å². The highest BCUT2D eigenvalue weighted by molar-refractivity contribution is 5.84. The maximum absolute atomic E-state index is 5.79. The van der Waals surface area contributed by atoms with Crippen LogP contribution < -0.4 is 16.2 Å². The minimum Gasteiger partial charge on any atom is -0.487 e. The van der Waals surface area contributed by atoms with Crippen molar-refractivity contribution >= 4 is 12.2 Å². The zero-order valence-electron chi connectivity index (χ0n) is 10.3. The molecule has 1 aromatic rings. The van der Waals surface area contributed by atoms with E-state index in [1.807, 2.05) is 45.0 Å². The summed E-state index contributed by atoms with van der Waals surface area (Å²) in [7, 11) is 0. The molecule has 0 fully saturated rings. The first-order chi connectivity index (χ1) is 7.88. The number of rotatable bonds is 3. The van der Waals surface area contributed by atoms with Crippen LogP contribution in [0.1, 0.15) is 26.3 Å². The van der Waals surface area contributed by atoms with Crippen molar-refractivity contribution in [3.63, 3.8) is 0 Å². The van der Waals surface area contributed by atoms with Gasteiger partial charge in [0.15, 0.2) is 0 Å². The van der Waals surface area contributed by atoms with E-state index >= 15 is 0 Å². The molecule has 0 saturated heterocycles. The second-order valence-electron chi connectivity index (χ2n) is 4.52. The van der Waals surface area contributed by atoms with Gasteiger partial charge in [0, 0.05) is 5.56 Å². The number of ether oxygens (including phenoxy) is 1. The fourth-order valence-corrected chi connectivity index (χ4v) is 1.17. The van der Waals surface area contributed by atoms with E-state index in [2.05, 4.69) is 10.2 Å². The summed E-state index contributed by atoms with van der Waals surface area (Å²) in [4.78, 5) is 0. The van der Waals surface area contributed by atoms with Crippen LogP contribution in [0.25, 0.3) is 0 Å². The average Bonchev–Trinajstić information content (AvgIpc) is 2.17. The Morgan fingerprint density at radius 3 is 2.47 bits per heavy atom. The summed E-state index contributed by atoms with van der Waals surface area (Å²) in [6.07, 6.45) is 1.56. The first kappa shape index (κ1) is 13.0. The number of hydrogen-bond donors (Lipinski definition) is 2. The molecule has 5 heteroatoms. The molecule has 17 heavy (non-hydrogen) atoms. The lowest BCUT2D eigenvalue weighted by atomic mass is 10.1. The molecule has 0 aliphatic heterocycles. The Kier molecular flexibility index (Phi) is 4.09. The molecule has 0 spiro atoms. The molecule has 0 atom stereocenters. The van der Waals surface area contributed by atoms with Gasteiger partial charge in [-0.1, -0.05) is 12.1 Å². The van der Waals surface area contributed by atoms with E-state index in [0.717, 1.165) is 11.3 Å². The van der Waals surface area contributed by atoms with Crippen LogP contribution in [0.5, 0.6) is 5.75 Å².